The van der Waals surface area contributed by atoms with Crippen LogP contribution in [-0.4, -0.2) is 31.3 Å². The van der Waals surface area contributed by atoms with Crippen LogP contribution in [0.1, 0.15) is 30.9 Å². The third kappa shape index (κ3) is 2.51. The maximum atomic E-state index is 15.3. The van der Waals surface area contributed by atoms with Crippen LogP contribution >= 0.6 is 0 Å². The van der Waals surface area contributed by atoms with E-state index >= 15 is 4.39 Å². The molecule has 5 nitrogen and oxygen atoms in total. The third-order valence-electron chi connectivity index (χ3n) is 5.54. The molecule has 1 aliphatic carbocycles. The van der Waals surface area contributed by atoms with Crippen molar-refractivity contribution in [1.82, 2.24) is 4.57 Å². The van der Waals surface area contributed by atoms with Gasteiger partial charge in [0.2, 0.25) is 0 Å². The topological polar surface area (TPSA) is 60.5 Å². The van der Waals surface area contributed by atoms with E-state index in [0.29, 0.717) is 23.5 Å². The Morgan fingerprint density at radius 2 is 2.08 bits per heavy atom. The third-order valence-corrected chi connectivity index (χ3v) is 5.54. The standard InChI is InChI=1S/C19H24FN3O2/c1-11-17-14(5-6-15(24)23(17)13-3-4-13)19(25-2)16(20)18(11)22-8-7-12(9-21)10-22/h5-6,12-13H,3-4,7-10,21H2,1-2H3. The van der Waals surface area contributed by atoms with Gasteiger partial charge in [-0.1, -0.05) is 0 Å². The summed E-state index contributed by atoms with van der Waals surface area (Å²) in [5.74, 6) is 0.259. The van der Waals surface area contributed by atoms with Crippen LogP contribution < -0.4 is 20.9 Å². The van der Waals surface area contributed by atoms with Crippen molar-refractivity contribution in [1.29, 1.82) is 0 Å². The lowest BCUT2D eigenvalue weighted by Crippen LogP contribution is -2.26. The second kappa shape index (κ2) is 6.02. The van der Waals surface area contributed by atoms with E-state index in [1.54, 1.807) is 6.07 Å². The molecule has 1 aromatic heterocycles. The first-order valence-electron chi connectivity index (χ1n) is 8.93. The second-order valence-electron chi connectivity index (χ2n) is 7.19. The molecule has 2 fully saturated rings. The Labute approximate surface area is 146 Å². The fraction of sp³-hybridized carbons (Fsp3) is 0.526. The summed E-state index contributed by atoms with van der Waals surface area (Å²) in [7, 11) is 1.48. The minimum atomic E-state index is -0.342. The van der Waals surface area contributed by atoms with Gasteiger partial charge >= 0.3 is 0 Å². The first kappa shape index (κ1) is 16.4. The van der Waals surface area contributed by atoms with Crippen molar-refractivity contribution in [3.63, 3.8) is 0 Å². The second-order valence-corrected chi connectivity index (χ2v) is 7.19. The Morgan fingerprint density at radius 1 is 1.32 bits per heavy atom. The van der Waals surface area contributed by atoms with Crippen LogP contribution in [0, 0.1) is 18.7 Å². The number of pyridine rings is 1. The Morgan fingerprint density at radius 3 is 2.68 bits per heavy atom. The van der Waals surface area contributed by atoms with E-state index in [2.05, 4.69) is 4.90 Å². The molecule has 1 atom stereocenters. The first-order chi connectivity index (χ1) is 12.1. The quantitative estimate of drug-likeness (QED) is 0.925. The average Bonchev–Trinajstić information content (AvgIpc) is 3.33. The fourth-order valence-corrected chi connectivity index (χ4v) is 4.12. The monoisotopic (exact) mass is 345 g/mol. The molecule has 2 heterocycles. The highest BCUT2D eigenvalue weighted by Crippen LogP contribution is 2.43. The van der Waals surface area contributed by atoms with Crippen LogP contribution in [0.4, 0.5) is 10.1 Å². The summed E-state index contributed by atoms with van der Waals surface area (Å²) >= 11 is 0. The predicted molar refractivity (Wildman–Crippen MR) is 97.1 cm³/mol. The molecule has 1 unspecified atom stereocenters. The van der Waals surface area contributed by atoms with E-state index in [9.17, 15) is 4.79 Å². The molecule has 1 aromatic carbocycles. The summed E-state index contributed by atoms with van der Waals surface area (Å²) in [6.07, 6.45) is 2.94. The normalized spacial score (nSPS) is 20.5. The van der Waals surface area contributed by atoms with Crippen molar-refractivity contribution in [3.8, 4) is 5.75 Å². The maximum Gasteiger partial charge on any atom is 0.251 e. The number of nitrogens with zero attached hydrogens (tertiary/aromatic N) is 2. The number of hydrogen-bond donors (Lipinski definition) is 1. The van der Waals surface area contributed by atoms with E-state index in [1.165, 1.54) is 13.2 Å². The van der Waals surface area contributed by atoms with E-state index in [0.717, 1.165) is 43.4 Å². The molecular weight excluding hydrogens is 321 g/mol. The van der Waals surface area contributed by atoms with E-state index < -0.39 is 0 Å². The van der Waals surface area contributed by atoms with Gasteiger partial charge in [0, 0.05) is 36.1 Å². The molecule has 1 aliphatic heterocycles. The molecule has 0 amide bonds. The molecule has 2 N–H and O–H groups in total. The van der Waals surface area contributed by atoms with Gasteiger partial charge in [0.05, 0.1) is 18.3 Å². The molecule has 1 saturated heterocycles. The first-order valence-corrected chi connectivity index (χ1v) is 8.93. The van der Waals surface area contributed by atoms with E-state index in [-0.39, 0.29) is 23.2 Å². The van der Waals surface area contributed by atoms with Crippen molar-refractivity contribution >= 4 is 16.6 Å². The molecule has 0 spiro atoms. The number of nitrogens with two attached hydrogens (primary N) is 1. The Bertz CT molecular complexity index is 889. The van der Waals surface area contributed by atoms with Gasteiger partial charge in [-0.05, 0) is 44.7 Å². The average molecular weight is 345 g/mol. The number of methoxy groups -OCH3 is 1. The van der Waals surface area contributed by atoms with Crippen LogP contribution in [0.25, 0.3) is 10.9 Å². The van der Waals surface area contributed by atoms with E-state index in [1.807, 2.05) is 11.5 Å². The van der Waals surface area contributed by atoms with Crippen LogP contribution in [0.15, 0.2) is 16.9 Å². The molecule has 6 heteroatoms. The lowest BCUT2D eigenvalue weighted by Gasteiger charge is -2.25. The van der Waals surface area contributed by atoms with Gasteiger partial charge in [-0.3, -0.25) is 4.79 Å². The predicted octanol–water partition coefficient (Wildman–Crippen LogP) is 2.58. The minimum Gasteiger partial charge on any atom is -0.493 e. The Kier molecular flexibility index (Phi) is 3.95. The molecule has 134 valence electrons. The lowest BCUT2D eigenvalue weighted by atomic mass is 10.0. The molecular formula is C19H24FN3O2. The van der Waals surface area contributed by atoms with Gasteiger partial charge in [0.15, 0.2) is 11.6 Å². The highest BCUT2D eigenvalue weighted by molar-refractivity contribution is 5.93. The number of rotatable bonds is 4. The molecule has 25 heavy (non-hydrogen) atoms. The highest BCUT2D eigenvalue weighted by Gasteiger charge is 2.32. The van der Waals surface area contributed by atoms with Crippen molar-refractivity contribution in [2.45, 2.75) is 32.2 Å². The minimum absolute atomic E-state index is 0.0287. The molecule has 0 radical (unpaired) electrons. The van der Waals surface area contributed by atoms with Crippen LogP contribution in [0.2, 0.25) is 0 Å². The lowest BCUT2D eigenvalue weighted by molar-refractivity contribution is 0.391. The smallest absolute Gasteiger partial charge is 0.251 e. The van der Waals surface area contributed by atoms with Gasteiger partial charge in [0.1, 0.15) is 0 Å². The number of ether oxygens (including phenoxy) is 1. The zero-order chi connectivity index (χ0) is 17.7. The van der Waals surface area contributed by atoms with Gasteiger partial charge in [-0.25, -0.2) is 4.39 Å². The summed E-state index contributed by atoms with van der Waals surface area (Å²) in [6, 6.07) is 3.41. The highest BCUT2D eigenvalue weighted by atomic mass is 19.1. The zero-order valence-electron chi connectivity index (χ0n) is 14.7. The van der Waals surface area contributed by atoms with Gasteiger partial charge < -0.3 is 19.9 Å². The summed E-state index contributed by atoms with van der Waals surface area (Å²) in [5, 5.41) is 0.669. The molecule has 2 aliphatic rings. The van der Waals surface area contributed by atoms with Crippen molar-refractivity contribution in [3.05, 3.63) is 33.9 Å². The number of fused-ring (bicyclic) bond motifs is 1. The number of halogens is 1. The fourth-order valence-electron chi connectivity index (χ4n) is 4.12. The molecule has 1 saturated carbocycles. The summed E-state index contributed by atoms with van der Waals surface area (Å²) in [4.78, 5) is 14.5. The number of aromatic nitrogens is 1. The van der Waals surface area contributed by atoms with Crippen LogP contribution in [0.3, 0.4) is 0 Å². The number of anilines is 1. The largest absolute Gasteiger partial charge is 0.493 e. The molecule has 2 aromatic rings. The summed E-state index contributed by atoms with van der Waals surface area (Å²) < 4.78 is 22.6. The van der Waals surface area contributed by atoms with Gasteiger partial charge in [-0.2, -0.15) is 0 Å². The van der Waals surface area contributed by atoms with Crippen LogP contribution in [0.5, 0.6) is 5.75 Å². The Balaban J connectivity index is 2.00. The number of aryl methyl sites for hydroxylation is 1. The molecule has 4 rings (SSSR count). The van der Waals surface area contributed by atoms with Gasteiger partial charge in [0.25, 0.3) is 5.56 Å². The van der Waals surface area contributed by atoms with Crippen molar-refractivity contribution in [2.75, 3.05) is 31.6 Å². The summed E-state index contributed by atoms with van der Waals surface area (Å²) in [6.45, 7) is 4.03. The maximum absolute atomic E-state index is 15.3. The van der Waals surface area contributed by atoms with Gasteiger partial charge in [-0.15, -0.1) is 0 Å². The number of hydrogen-bond acceptors (Lipinski definition) is 4. The van der Waals surface area contributed by atoms with Crippen molar-refractivity contribution < 1.29 is 9.13 Å². The summed E-state index contributed by atoms with van der Waals surface area (Å²) in [5.41, 5.74) is 7.95. The number of benzene rings is 1. The van der Waals surface area contributed by atoms with Crippen molar-refractivity contribution in [2.24, 2.45) is 11.7 Å². The van der Waals surface area contributed by atoms with E-state index in [4.69, 9.17) is 10.5 Å². The SMILES string of the molecule is COc1c(F)c(N2CCC(CN)C2)c(C)c2c1ccc(=O)n2C1CC1. The van der Waals surface area contributed by atoms with Crippen LogP contribution in [-0.2, 0) is 0 Å². The zero-order valence-corrected chi connectivity index (χ0v) is 14.7. The molecule has 0 bridgehead atoms. The Hall–Kier alpha value is -2.08.